The molecule has 3 rings (SSSR count). The molecule has 6 heteroatoms. The number of amides is 1. The van der Waals surface area contributed by atoms with Crippen LogP contribution in [0.1, 0.15) is 25.3 Å². The van der Waals surface area contributed by atoms with Gasteiger partial charge in [0.25, 0.3) is 0 Å². The van der Waals surface area contributed by atoms with Crippen molar-refractivity contribution in [1.82, 2.24) is 14.8 Å². The van der Waals surface area contributed by atoms with Gasteiger partial charge in [0.05, 0.1) is 12.1 Å². The lowest BCUT2D eigenvalue weighted by Gasteiger charge is -2.30. The minimum absolute atomic E-state index is 0.00745. The minimum atomic E-state index is -0.490. The first-order chi connectivity index (χ1) is 11.7. The number of carbonyl (C=O) groups is 1. The number of aromatic nitrogens is 1. The van der Waals surface area contributed by atoms with E-state index >= 15 is 0 Å². The first-order valence-corrected chi connectivity index (χ1v) is 8.86. The molecule has 24 heavy (non-hydrogen) atoms. The Hall–Kier alpha value is -1.50. The summed E-state index contributed by atoms with van der Waals surface area (Å²) >= 11 is 0. The third-order valence-corrected chi connectivity index (χ3v) is 5.15. The number of nitrogens with zero attached hydrogens (tertiary/aromatic N) is 3. The normalized spacial score (nSPS) is 25.4. The number of hydrogen-bond acceptors (Lipinski definition) is 5. The van der Waals surface area contributed by atoms with Crippen LogP contribution in [0.25, 0.3) is 0 Å². The number of pyridine rings is 1. The van der Waals surface area contributed by atoms with Crippen LogP contribution in [0.15, 0.2) is 24.5 Å². The van der Waals surface area contributed by atoms with Crippen molar-refractivity contribution in [1.29, 1.82) is 0 Å². The van der Waals surface area contributed by atoms with Gasteiger partial charge in [-0.3, -0.25) is 14.7 Å². The second kappa shape index (κ2) is 8.05. The zero-order valence-corrected chi connectivity index (χ0v) is 14.3. The Balaban J connectivity index is 1.62. The molecule has 0 spiro atoms. The summed E-state index contributed by atoms with van der Waals surface area (Å²) in [5, 5.41) is 10.5. The molecular weight excluding hydrogens is 306 g/mol. The molecule has 1 aromatic rings. The van der Waals surface area contributed by atoms with E-state index in [9.17, 15) is 9.90 Å². The minimum Gasteiger partial charge on any atom is -0.390 e. The lowest BCUT2D eigenvalue weighted by atomic mass is 9.99. The van der Waals surface area contributed by atoms with Gasteiger partial charge in [0, 0.05) is 51.2 Å². The van der Waals surface area contributed by atoms with Gasteiger partial charge < -0.3 is 14.7 Å². The molecule has 0 saturated carbocycles. The maximum Gasteiger partial charge on any atom is 0.226 e. The van der Waals surface area contributed by atoms with E-state index in [0.29, 0.717) is 26.3 Å². The molecule has 0 aliphatic carbocycles. The van der Waals surface area contributed by atoms with Crippen LogP contribution in [-0.4, -0.2) is 70.8 Å². The zero-order valence-electron chi connectivity index (χ0n) is 14.3. The average Bonchev–Trinajstić information content (AvgIpc) is 3.02. The van der Waals surface area contributed by atoms with E-state index < -0.39 is 6.10 Å². The zero-order chi connectivity index (χ0) is 16.9. The van der Waals surface area contributed by atoms with Crippen LogP contribution >= 0.6 is 0 Å². The summed E-state index contributed by atoms with van der Waals surface area (Å²) < 4.78 is 5.34. The number of likely N-dealkylation sites (N-methyl/N-ethyl adjacent to an activating group) is 1. The highest BCUT2D eigenvalue weighted by Gasteiger charge is 2.39. The second-order valence-electron chi connectivity index (χ2n) is 6.68. The summed E-state index contributed by atoms with van der Waals surface area (Å²) in [6.07, 6.45) is 4.68. The smallest absolute Gasteiger partial charge is 0.226 e. The molecule has 132 valence electrons. The number of ether oxygens (including phenoxy) is 1. The Labute approximate surface area is 143 Å². The van der Waals surface area contributed by atoms with Crippen LogP contribution in [0.5, 0.6) is 0 Å². The van der Waals surface area contributed by atoms with Gasteiger partial charge in [-0.25, -0.2) is 0 Å². The standard InChI is InChI=1S/C18H27N3O3/c1-2-20(11-14-3-7-19-8-4-14)16-12-21(13-17(16)22)18(23)15-5-9-24-10-6-15/h3-4,7-8,15-17,22H,2,5-6,9-13H2,1H3/t16-,17-/m1/s1. The van der Waals surface area contributed by atoms with Gasteiger partial charge in [0.15, 0.2) is 0 Å². The maximum absolute atomic E-state index is 12.7. The molecule has 2 aliphatic heterocycles. The molecule has 1 N–H and O–H groups in total. The predicted octanol–water partition coefficient (Wildman–Crippen LogP) is 0.902. The molecule has 0 unspecified atom stereocenters. The number of likely N-dealkylation sites (tertiary alicyclic amines) is 1. The molecule has 2 atom stereocenters. The van der Waals surface area contributed by atoms with Gasteiger partial charge in [0.1, 0.15) is 0 Å². The van der Waals surface area contributed by atoms with E-state index in [2.05, 4.69) is 16.8 Å². The summed E-state index contributed by atoms with van der Waals surface area (Å²) in [5.74, 6) is 0.236. The Morgan fingerprint density at radius 3 is 2.71 bits per heavy atom. The monoisotopic (exact) mass is 333 g/mol. The number of aliphatic hydroxyl groups excluding tert-OH is 1. The quantitative estimate of drug-likeness (QED) is 0.867. The molecular formula is C18H27N3O3. The fraction of sp³-hybridized carbons (Fsp3) is 0.667. The summed E-state index contributed by atoms with van der Waals surface area (Å²) in [5.41, 5.74) is 1.17. The van der Waals surface area contributed by atoms with Gasteiger partial charge >= 0.3 is 0 Å². The van der Waals surface area contributed by atoms with E-state index in [1.165, 1.54) is 5.56 Å². The molecule has 2 saturated heterocycles. The number of aliphatic hydroxyl groups is 1. The van der Waals surface area contributed by atoms with Crippen molar-refractivity contribution in [2.24, 2.45) is 5.92 Å². The van der Waals surface area contributed by atoms with E-state index in [1.54, 1.807) is 12.4 Å². The molecule has 2 aliphatic rings. The highest BCUT2D eigenvalue weighted by atomic mass is 16.5. The topological polar surface area (TPSA) is 65.9 Å². The van der Waals surface area contributed by atoms with Crippen LogP contribution in [0.4, 0.5) is 0 Å². The molecule has 6 nitrogen and oxygen atoms in total. The van der Waals surface area contributed by atoms with Crippen LogP contribution in [0.2, 0.25) is 0 Å². The Kier molecular flexibility index (Phi) is 5.81. The van der Waals surface area contributed by atoms with Crippen molar-refractivity contribution in [2.45, 2.75) is 38.5 Å². The van der Waals surface area contributed by atoms with Crippen LogP contribution in [-0.2, 0) is 16.1 Å². The van der Waals surface area contributed by atoms with Gasteiger partial charge in [-0.15, -0.1) is 0 Å². The third kappa shape index (κ3) is 3.94. The summed E-state index contributed by atoms with van der Waals surface area (Å²) in [4.78, 5) is 20.8. The fourth-order valence-corrected chi connectivity index (χ4v) is 3.70. The lowest BCUT2D eigenvalue weighted by Crippen LogP contribution is -2.43. The van der Waals surface area contributed by atoms with Crippen molar-refractivity contribution in [3.8, 4) is 0 Å². The van der Waals surface area contributed by atoms with Crippen LogP contribution < -0.4 is 0 Å². The van der Waals surface area contributed by atoms with Crippen LogP contribution in [0.3, 0.4) is 0 Å². The predicted molar refractivity (Wildman–Crippen MR) is 90.2 cm³/mol. The van der Waals surface area contributed by atoms with E-state index in [0.717, 1.165) is 25.9 Å². The Morgan fingerprint density at radius 2 is 2.04 bits per heavy atom. The largest absolute Gasteiger partial charge is 0.390 e. The van der Waals surface area contributed by atoms with Gasteiger partial charge in [0.2, 0.25) is 5.91 Å². The van der Waals surface area contributed by atoms with Crippen molar-refractivity contribution in [3.05, 3.63) is 30.1 Å². The SMILES string of the molecule is CCN(Cc1ccncc1)[C@@H]1CN(C(=O)C2CCOCC2)C[C@H]1O. The number of hydrogen-bond donors (Lipinski definition) is 1. The van der Waals surface area contributed by atoms with Gasteiger partial charge in [-0.1, -0.05) is 6.92 Å². The summed E-state index contributed by atoms with van der Waals surface area (Å²) in [6.45, 7) is 6.07. The molecule has 1 amide bonds. The Morgan fingerprint density at radius 1 is 1.33 bits per heavy atom. The van der Waals surface area contributed by atoms with Crippen molar-refractivity contribution in [2.75, 3.05) is 32.8 Å². The highest BCUT2D eigenvalue weighted by molar-refractivity contribution is 5.79. The van der Waals surface area contributed by atoms with E-state index in [-0.39, 0.29) is 17.9 Å². The van der Waals surface area contributed by atoms with Crippen molar-refractivity contribution < 1.29 is 14.6 Å². The van der Waals surface area contributed by atoms with Gasteiger partial charge in [-0.05, 0) is 37.1 Å². The number of β-amino-alcohol motifs (C(OH)–C–C–N with tert-alkyl or cyclic N) is 1. The first-order valence-electron chi connectivity index (χ1n) is 8.86. The molecule has 3 heterocycles. The third-order valence-electron chi connectivity index (χ3n) is 5.15. The van der Waals surface area contributed by atoms with E-state index in [1.807, 2.05) is 17.0 Å². The second-order valence-corrected chi connectivity index (χ2v) is 6.68. The Bertz CT molecular complexity index is 534. The molecule has 0 bridgehead atoms. The number of carbonyl (C=O) groups excluding carboxylic acids is 1. The maximum atomic E-state index is 12.7. The lowest BCUT2D eigenvalue weighted by molar-refractivity contribution is -0.137. The molecule has 2 fully saturated rings. The molecule has 1 aromatic heterocycles. The highest BCUT2D eigenvalue weighted by Crippen LogP contribution is 2.24. The average molecular weight is 333 g/mol. The first kappa shape index (κ1) is 17.3. The van der Waals surface area contributed by atoms with Crippen molar-refractivity contribution in [3.63, 3.8) is 0 Å². The molecule has 0 radical (unpaired) electrons. The molecule has 0 aromatic carbocycles. The van der Waals surface area contributed by atoms with Crippen LogP contribution in [0, 0.1) is 5.92 Å². The van der Waals surface area contributed by atoms with E-state index in [4.69, 9.17) is 4.74 Å². The summed E-state index contributed by atoms with van der Waals surface area (Å²) in [6, 6.07) is 3.98. The van der Waals surface area contributed by atoms with Crippen molar-refractivity contribution >= 4 is 5.91 Å². The number of rotatable bonds is 5. The fourth-order valence-electron chi connectivity index (χ4n) is 3.70. The summed E-state index contributed by atoms with van der Waals surface area (Å²) in [7, 11) is 0. The van der Waals surface area contributed by atoms with Gasteiger partial charge in [-0.2, -0.15) is 0 Å².